The molecule has 2 N–H and O–H groups in total. The summed E-state index contributed by atoms with van der Waals surface area (Å²) in [4.78, 5) is 25.6. The van der Waals surface area contributed by atoms with Crippen molar-refractivity contribution in [3.8, 4) is 0 Å². The van der Waals surface area contributed by atoms with Gasteiger partial charge in [-0.2, -0.15) is 0 Å². The van der Waals surface area contributed by atoms with Crippen LogP contribution < -0.4 is 10.6 Å². The molecule has 0 radical (unpaired) electrons. The lowest BCUT2D eigenvalue weighted by molar-refractivity contribution is -0.119. The Morgan fingerprint density at radius 3 is 2.71 bits per heavy atom. The molecular weight excluding hydrogens is 417 g/mol. The summed E-state index contributed by atoms with van der Waals surface area (Å²) in [7, 11) is 0. The van der Waals surface area contributed by atoms with Crippen molar-refractivity contribution in [2.45, 2.75) is 19.9 Å². The Morgan fingerprint density at radius 2 is 1.97 bits per heavy atom. The summed E-state index contributed by atoms with van der Waals surface area (Å²) in [6.45, 7) is 7.48. The number of fused-ring (bicyclic) bond motifs is 1. The number of nitrogens with one attached hydrogen (secondary N) is 2. The monoisotopic (exact) mass is 443 g/mol. The number of benzene rings is 1. The van der Waals surface area contributed by atoms with Crippen LogP contribution in [-0.4, -0.2) is 60.2 Å². The van der Waals surface area contributed by atoms with E-state index in [0.717, 1.165) is 34.4 Å². The van der Waals surface area contributed by atoms with Crippen molar-refractivity contribution in [3.05, 3.63) is 52.4 Å². The third-order valence-corrected chi connectivity index (χ3v) is 6.73. The number of nitrogens with zero attached hydrogens (tertiary/aromatic N) is 3. The highest BCUT2D eigenvalue weighted by Gasteiger charge is 2.23. The number of ether oxygens (including phenoxy) is 1. The van der Waals surface area contributed by atoms with Gasteiger partial charge in [-0.3, -0.25) is 9.69 Å². The first-order valence-electron chi connectivity index (χ1n) is 10.3. The number of carbonyl (C=O) groups is 1. The first-order valence-corrected chi connectivity index (χ1v) is 11.1. The third-order valence-electron chi connectivity index (χ3n) is 5.62. The van der Waals surface area contributed by atoms with Crippen molar-refractivity contribution in [2.75, 3.05) is 44.7 Å². The standard InChI is InChI=1S/C22H26FN5O2S/c1-14-15(2)31-22-20(14)21(26-13-27-22)25-12-19(29)24-11-18(28-7-9-30-10-8-28)16-3-5-17(23)6-4-16/h3-6,13,18H,7-12H2,1-2H3,(H,24,29)(H,25,26,27)/t18-/m1/s1. The molecule has 1 aliphatic rings. The number of hydrogen-bond donors (Lipinski definition) is 2. The van der Waals surface area contributed by atoms with E-state index >= 15 is 0 Å². The number of morpholine rings is 1. The van der Waals surface area contributed by atoms with Gasteiger partial charge in [-0.05, 0) is 37.1 Å². The molecule has 164 valence electrons. The van der Waals surface area contributed by atoms with Gasteiger partial charge in [0.2, 0.25) is 5.91 Å². The highest BCUT2D eigenvalue weighted by Crippen LogP contribution is 2.32. The molecule has 1 atom stereocenters. The Labute approximate surface area is 184 Å². The quantitative estimate of drug-likeness (QED) is 0.584. The van der Waals surface area contributed by atoms with Crippen LogP contribution in [0, 0.1) is 19.7 Å². The molecular formula is C22H26FN5O2S. The van der Waals surface area contributed by atoms with Crippen LogP contribution in [0.1, 0.15) is 22.0 Å². The molecule has 3 aromatic rings. The van der Waals surface area contributed by atoms with Gasteiger partial charge in [0.15, 0.2) is 0 Å². The fourth-order valence-electron chi connectivity index (χ4n) is 3.79. The number of thiophene rings is 1. The minimum Gasteiger partial charge on any atom is -0.379 e. The number of amides is 1. The number of halogens is 1. The maximum absolute atomic E-state index is 13.4. The Kier molecular flexibility index (Phi) is 6.74. The molecule has 0 spiro atoms. The predicted molar refractivity (Wildman–Crippen MR) is 120 cm³/mol. The lowest BCUT2D eigenvalue weighted by Gasteiger charge is -2.35. The lowest BCUT2D eigenvalue weighted by atomic mass is 10.0. The number of rotatable bonds is 7. The molecule has 4 rings (SSSR count). The average Bonchev–Trinajstić information content (AvgIpc) is 3.08. The van der Waals surface area contributed by atoms with E-state index < -0.39 is 0 Å². The van der Waals surface area contributed by atoms with E-state index in [2.05, 4.69) is 32.4 Å². The first-order chi connectivity index (χ1) is 15.0. The zero-order valence-corrected chi connectivity index (χ0v) is 18.5. The molecule has 31 heavy (non-hydrogen) atoms. The molecule has 7 nitrogen and oxygen atoms in total. The summed E-state index contributed by atoms with van der Waals surface area (Å²) < 4.78 is 18.8. The highest BCUT2D eigenvalue weighted by molar-refractivity contribution is 7.18. The molecule has 0 saturated carbocycles. The van der Waals surface area contributed by atoms with Crippen LogP contribution in [0.3, 0.4) is 0 Å². The second-order valence-corrected chi connectivity index (χ2v) is 8.76. The van der Waals surface area contributed by atoms with E-state index in [-0.39, 0.29) is 24.3 Å². The van der Waals surface area contributed by atoms with Crippen molar-refractivity contribution < 1.29 is 13.9 Å². The predicted octanol–water partition coefficient (Wildman–Crippen LogP) is 3.05. The zero-order chi connectivity index (χ0) is 21.8. The van der Waals surface area contributed by atoms with Crippen molar-refractivity contribution in [3.63, 3.8) is 0 Å². The van der Waals surface area contributed by atoms with E-state index in [9.17, 15) is 9.18 Å². The summed E-state index contributed by atoms with van der Waals surface area (Å²) in [6, 6.07) is 6.43. The number of hydrogen-bond acceptors (Lipinski definition) is 7. The molecule has 1 aromatic carbocycles. The van der Waals surface area contributed by atoms with Crippen LogP contribution in [0.25, 0.3) is 10.2 Å². The average molecular weight is 444 g/mol. The Hall–Kier alpha value is -2.62. The van der Waals surface area contributed by atoms with Gasteiger partial charge in [-0.25, -0.2) is 14.4 Å². The molecule has 1 saturated heterocycles. The fraction of sp³-hybridized carbons (Fsp3) is 0.409. The SMILES string of the molecule is Cc1sc2ncnc(NCC(=O)NC[C@H](c3ccc(F)cc3)N3CCOCC3)c2c1C. The maximum Gasteiger partial charge on any atom is 0.239 e. The Bertz CT molecular complexity index is 1050. The summed E-state index contributed by atoms with van der Waals surface area (Å²) in [5.41, 5.74) is 2.10. The van der Waals surface area contributed by atoms with Crippen molar-refractivity contribution in [1.29, 1.82) is 0 Å². The van der Waals surface area contributed by atoms with E-state index in [1.165, 1.54) is 23.3 Å². The maximum atomic E-state index is 13.4. The van der Waals surface area contributed by atoms with Gasteiger partial charge in [-0.1, -0.05) is 12.1 Å². The lowest BCUT2D eigenvalue weighted by Crippen LogP contribution is -2.44. The molecule has 3 heterocycles. The van der Waals surface area contributed by atoms with Crippen molar-refractivity contribution >= 4 is 33.3 Å². The smallest absolute Gasteiger partial charge is 0.239 e. The Balaban J connectivity index is 1.40. The second kappa shape index (κ2) is 9.67. The number of anilines is 1. The summed E-state index contributed by atoms with van der Waals surface area (Å²) in [5.74, 6) is 0.273. The molecule has 0 aliphatic carbocycles. The van der Waals surface area contributed by atoms with E-state index in [0.29, 0.717) is 25.6 Å². The number of aryl methyl sites for hydroxylation is 2. The van der Waals surface area contributed by atoms with Crippen molar-refractivity contribution in [1.82, 2.24) is 20.2 Å². The largest absolute Gasteiger partial charge is 0.379 e. The molecule has 0 bridgehead atoms. The fourth-order valence-corrected chi connectivity index (χ4v) is 4.78. The minimum atomic E-state index is -0.271. The number of carbonyl (C=O) groups excluding carboxylic acids is 1. The van der Waals surface area contributed by atoms with Crippen LogP contribution >= 0.6 is 11.3 Å². The molecule has 9 heteroatoms. The van der Waals surface area contributed by atoms with E-state index in [4.69, 9.17) is 4.74 Å². The van der Waals surface area contributed by atoms with Crippen LogP contribution in [0.2, 0.25) is 0 Å². The van der Waals surface area contributed by atoms with Gasteiger partial charge in [-0.15, -0.1) is 11.3 Å². The van der Waals surface area contributed by atoms with Gasteiger partial charge in [0.05, 0.1) is 31.2 Å². The number of aromatic nitrogens is 2. The van der Waals surface area contributed by atoms with Crippen molar-refractivity contribution in [2.24, 2.45) is 0 Å². The molecule has 2 aromatic heterocycles. The van der Waals surface area contributed by atoms with E-state index in [1.807, 2.05) is 6.92 Å². The minimum absolute atomic E-state index is 0.0408. The third kappa shape index (κ3) is 5.00. The van der Waals surface area contributed by atoms with Crippen LogP contribution in [0.5, 0.6) is 0 Å². The normalized spacial score (nSPS) is 15.7. The summed E-state index contributed by atoms with van der Waals surface area (Å²) in [5, 5.41) is 7.13. The zero-order valence-electron chi connectivity index (χ0n) is 17.7. The topological polar surface area (TPSA) is 79.4 Å². The van der Waals surface area contributed by atoms with Gasteiger partial charge < -0.3 is 15.4 Å². The van der Waals surface area contributed by atoms with Crippen LogP contribution in [0.15, 0.2) is 30.6 Å². The molecule has 1 fully saturated rings. The van der Waals surface area contributed by atoms with Gasteiger partial charge in [0.1, 0.15) is 22.8 Å². The Morgan fingerprint density at radius 1 is 1.23 bits per heavy atom. The van der Waals surface area contributed by atoms with E-state index in [1.54, 1.807) is 23.5 Å². The van der Waals surface area contributed by atoms with Gasteiger partial charge >= 0.3 is 0 Å². The van der Waals surface area contributed by atoms with Gasteiger partial charge in [0.25, 0.3) is 0 Å². The molecule has 1 amide bonds. The summed E-state index contributed by atoms with van der Waals surface area (Å²) in [6.07, 6.45) is 1.51. The highest BCUT2D eigenvalue weighted by atomic mass is 32.1. The second-order valence-electron chi connectivity index (χ2n) is 7.56. The van der Waals surface area contributed by atoms with Crippen LogP contribution in [-0.2, 0) is 9.53 Å². The summed E-state index contributed by atoms with van der Waals surface area (Å²) >= 11 is 1.62. The van der Waals surface area contributed by atoms with Crippen LogP contribution in [0.4, 0.5) is 10.2 Å². The first kappa shape index (κ1) is 21.6. The van der Waals surface area contributed by atoms with Gasteiger partial charge in [0, 0.05) is 24.5 Å². The molecule has 0 unspecified atom stereocenters. The molecule has 1 aliphatic heterocycles.